The smallest absolute Gasteiger partial charge is 0.320 e. The second kappa shape index (κ2) is 13.8. The topological polar surface area (TPSA) is 160 Å². The summed E-state index contributed by atoms with van der Waals surface area (Å²) in [5.74, 6) is 0.598. The molecular formula is C39H58N8O5. The second-order valence-electron chi connectivity index (χ2n) is 17.3. The number of aliphatic hydroxyl groups is 1. The van der Waals surface area contributed by atoms with Crippen molar-refractivity contribution in [2.24, 2.45) is 39.7 Å². The van der Waals surface area contributed by atoms with Crippen molar-refractivity contribution >= 4 is 34.6 Å². The van der Waals surface area contributed by atoms with Crippen molar-refractivity contribution in [3.63, 3.8) is 0 Å². The van der Waals surface area contributed by atoms with Crippen LogP contribution in [0.25, 0.3) is 11.2 Å². The number of aliphatic hydroxyl groups excluding tert-OH is 1. The average Bonchev–Trinajstić information content (AvgIpc) is 3.84. The first kappa shape index (κ1) is 36.9. The Bertz CT molecular complexity index is 1720. The highest BCUT2D eigenvalue weighted by molar-refractivity contribution is 5.86. The SMILES string of the molecule is C=C[C@]1(C)C[C@@H](OC(=O)CN2CCN(C(=O)CCn3cnc4c(N5CC[C@H](N)C5)ncnc43)[C@@H](C)C2)[C@]2(C)[C@H](C)CC[C@]3(CCC(=O)[C@@H]32)[C@@H](C)[C@@H]1O. The number of Topliss-reactive ketones (excluding diaryl/α,β-unsaturated/α-hetero) is 1. The van der Waals surface area contributed by atoms with Gasteiger partial charge >= 0.3 is 5.97 Å². The molecule has 7 rings (SSSR count). The highest BCUT2D eigenvalue weighted by atomic mass is 16.5. The zero-order valence-corrected chi connectivity index (χ0v) is 31.7. The molecule has 284 valence electrons. The summed E-state index contributed by atoms with van der Waals surface area (Å²) in [7, 11) is 0. The van der Waals surface area contributed by atoms with E-state index in [1.807, 2.05) is 29.4 Å². The highest BCUT2D eigenvalue weighted by Gasteiger charge is 2.68. The van der Waals surface area contributed by atoms with Gasteiger partial charge in [-0.3, -0.25) is 19.3 Å². The minimum absolute atomic E-state index is 0.0475. The van der Waals surface area contributed by atoms with E-state index < -0.39 is 23.0 Å². The van der Waals surface area contributed by atoms with Crippen LogP contribution in [0.1, 0.15) is 79.6 Å². The molecule has 3 N–H and O–H groups in total. The standard InChI is InChI=1S/C39H58N8O5/c1-7-37(5)18-29(38(6)24(2)8-12-39(26(4)34(37)51)13-9-28(48)33(38)39)52-31(50)21-44-16-17-47(25(3)19-44)30(49)11-15-46-23-43-32-35(41-22-42-36(32)46)45-14-10-27(40)20-45/h7,22-27,29,33-34,51H,1,8-21,40H2,2-6H3/t24-,25+,26+,27+,29-,33-,34+,37-,38+,39+/m1/s1. The number of imidazole rings is 1. The molecule has 0 spiro atoms. The number of piperazine rings is 1. The fourth-order valence-corrected chi connectivity index (χ4v) is 11.0. The van der Waals surface area contributed by atoms with Crippen LogP contribution in [0.2, 0.25) is 0 Å². The molecule has 3 saturated carbocycles. The molecule has 13 heteroatoms. The van der Waals surface area contributed by atoms with Crippen molar-refractivity contribution in [1.82, 2.24) is 29.3 Å². The minimum atomic E-state index is -0.698. The number of aromatic nitrogens is 4. The Hall–Kier alpha value is -3.42. The van der Waals surface area contributed by atoms with Crippen LogP contribution < -0.4 is 10.6 Å². The number of hydrogen-bond donors (Lipinski definition) is 2. The summed E-state index contributed by atoms with van der Waals surface area (Å²) in [6.45, 7) is 18.4. The van der Waals surface area contributed by atoms with E-state index in [1.54, 1.807) is 12.7 Å². The summed E-state index contributed by atoms with van der Waals surface area (Å²) >= 11 is 0. The van der Waals surface area contributed by atoms with Crippen molar-refractivity contribution < 1.29 is 24.2 Å². The van der Waals surface area contributed by atoms with Crippen LogP contribution in [-0.2, 0) is 25.7 Å². The molecule has 4 heterocycles. The van der Waals surface area contributed by atoms with Crippen LogP contribution in [0, 0.1) is 34.0 Å². The van der Waals surface area contributed by atoms with Gasteiger partial charge in [0, 0.05) is 80.9 Å². The molecule has 10 atom stereocenters. The summed E-state index contributed by atoms with van der Waals surface area (Å²) in [6.07, 6.45) is 8.61. The molecule has 0 unspecified atom stereocenters. The Balaban J connectivity index is 0.989. The van der Waals surface area contributed by atoms with Gasteiger partial charge in [-0.2, -0.15) is 0 Å². The van der Waals surface area contributed by atoms with Crippen molar-refractivity contribution in [3.05, 3.63) is 25.3 Å². The number of aryl methyl sites for hydroxylation is 1. The van der Waals surface area contributed by atoms with Crippen molar-refractivity contribution in [2.45, 2.75) is 110 Å². The van der Waals surface area contributed by atoms with E-state index in [1.165, 1.54) is 0 Å². The van der Waals surface area contributed by atoms with Gasteiger partial charge in [-0.25, -0.2) is 15.0 Å². The number of nitrogens with zero attached hydrogens (tertiary/aromatic N) is 7. The van der Waals surface area contributed by atoms with Gasteiger partial charge in [0.25, 0.3) is 0 Å². The molecule has 5 fully saturated rings. The molecule has 13 nitrogen and oxygen atoms in total. The third kappa shape index (κ3) is 6.04. The fourth-order valence-electron chi connectivity index (χ4n) is 11.0. The number of carbonyl (C=O) groups is 3. The lowest BCUT2D eigenvalue weighted by atomic mass is 9.44. The van der Waals surface area contributed by atoms with Crippen LogP contribution in [0.4, 0.5) is 5.82 Å². The maximum Gasteiger partial charge on any atom is 0.320 e. The van der Waals surface area contributed by atoms with E-state index in [-0.39, 0.29) is 59.5 Å². The van der Waals surface area contributed by atoms with E-state index in [9.17, 15) is 19.5 Å². The van der Waals surface area contributed by atoms with E-state index in [2.05, 4.69) is 52.1 Å². The van der Waals surface area contributed by atoms with Crippen LogP contribution in [-0.4, -0.2) is 116 Å². The van der Waals surface area contributed by atoms with E-state index in [0.29, 0.717) is 51.1 Å². The van der Waals surface area contributed by atoms with Crippen LogP contribution in [0.15, 0.2) is 25.3 Å². The summed E-state index contributed by atoms with van der Waals surface area (Å²) in [6, 6.07) is 0.0339. The largest absolute Gasteiger partial charge is 0.461 e. The number of ketones is 1. The third-order valence-corrected chi connectivity index (χ3v) is 14.4. The number of hydrogen-bond acceptors (Lipinski definition) is 11. The molecule has 52 heavy (non-hydrogen) atoms. The predicted molar refractivity (Wildman–Crippen MR) is 197 cm³/mol. The Kier molecular flexibility index (Phi) is 9.78. The lowest BCUT2D eigenvalue weighted by molar-refractivity contribution is -0.207. The molecule has 1 amide bonds. The van der Waals surface area contributed by atoms with Crippen molar-refractivity contribution in [3.8, 4) is 0 Å². The summed E-state index contributed by atoms with van der Waals surface area (Å²) in [5.41, 5.74) is 6.02. The second-order valence-corrected chi connectivity index (χ2v) is 17.3. The normalized spacial score (nSPS) is 38.2. The maximum atomic E-state index is 13.8. The molecule has 2 aliphatic heterocycles. The highest BCUT2D eigenvalue weighted by Crippen LogP contribution is 2.68. The summed E-state index contributed by atoms with van der Waals surface area (Å²) < 4.78 is 8.40. The summed E-state index contributed by atoms with van der Waals surface area (Å²) in [5, 5.41) is 11.8. The molecule has 2 bridgehead atoms. The van der Waals surface area contributed by atoms with Gasteiger partial charge < -0.3 is 29.9 Å². The van der Waals surface area contributed by atoms with Crippen LogP contribution in [0.3, 0.4) is 0 Å². The minimum Gasteiger partial charge on any atom is -0.461 e. The number of amides is 1. The lowest BCUT2D eigenvalue weighted by Crippen LogP contribution is -2.63. The van der Waals surface area contributed by atoms with Gasteiger partial charge in [0.15, 0.2) is 17.0 Å². The molecule has 3 aliphatic carbocycles. The first-order chi connectivity index (χ1) is 24.7. The summed E-state index contributed by atoms with van der Waals surface area (Å²) in [4.78, 5) is 60.7. The lowest BCUT2D eigenvalue weighted by Gasteiger charge is -2.61. The van der Waals surface area contributed by atoms with Crippen LogP contribution >= 0.6 is 0 Å². The Morgan fingerprint density at radius 2 is 1.88 bits per heavy atom. The van der Waals surface area contributed by atoms with Gasteiger partial charge in [-0.15, -0.1) is 6.58 Å². The number of esters is 1. The third-order valence-electron chi connectivity index (χ3n) is 14.4. The van der Waals surface area contributed by atoms with Gasteiger partial charge in [0.2, 0.25) is 5.91 Å². The molecule has 2 aromatic rings. The van der Waals surface area contributed by atoms with Crippen LogP contribution in [0.5, 0.6) is 0 Å². The molecule has 2 aromatic heterocycles. The molecular weight excluding hydrogens is 660 g/mol. The van der Waals surface area contributed by atoms with Crippen molar-refractivity contribution in [1.29, 1.82) is 0 Å². The van der Waals surface area contributed by atoms with E-state index >= 15 is 0 Å². The average molecular weight is 719 g/mol. The molecule has 0 aromatic carbocycles. The Morgan fingerprint density at radius 3 is 2.60 bits per heavy atom. The molecule has 5 aliphatic rings. The zero-order valence-electron chi connectivity index (χ0n) is 31.7. The number of ether oxygens (including phenoxy) is 1. The van der Waals surface area contributed by atoms with E-state index in [0.717, 1.165) is 50.1 Å². The predicted octanol–water partition coefficient (Wildman–Crippen LogP) is 3.19. The van der Waals surface area contributed by atoms with Gasteiger partial charge in [-0.1, -0.05) is 33.8 Å². The Labute approximate surface area is 307 Å². The van der Waals surface area contributed by atoms with Gasteiger partial charge in [0.1, 0.15) is 18.2 Å². The number of anilines is 1. The number of nitrogens with two attached hydrogens (primary N) is 1. The van der Waals surface area contributed by atoms with Gasteiger partial charge in [0.05, 0.1) is 19.0 Å². The quantitative estimate of drug-likeness (QED) is 0.305. The monoisotopic (exact) mass is 718 g/mol. The number of fused-ring (bicyclic) bond motifs is 1. The van der Waals surface area contributed by atoms with Crippen molar-refractivity contribution in [2.75, 3.05) is 44.2 Å². The first-order valence-corrected chi connectivity index (χ1v) is 19.4. The first-order valence-electron chi connectivity index (χ1n) is 19.4. The Morgan fingerprint density at radius 1 is 1.10 bits per heavy atom. The zero-order chi connectivity index (χ0) is 37.2. The van der Waals surface area contributed by atoms with Gasteiger partial charge in [-0.05, 0) is 56.3 Å². The fraction of sp³-hybridized carbons (Fsp3) is 0.744. The number of carbonyl (C=O) groups excluding carboxylic acids is 3. The maximum absolute atomic E-state index is 13.8. The molecule has 2 saturated heterocycles. The molecule has 0 radical (unpaired) electrons. The van der Waals surface area contributed by atoms with E-state index in [4.69, 9.17) is 10.5 Å². The number of rotatable bonds is 8.